The lowest BCUT2D eigenvalue weighted by Gasteiger charge is -2.31. The first-order valence-corrected chi connectivity index (χ1v) is 10.9. The van der Waals surface area contributed by atoms with Crippen LogP contribution in [0, 0.1) is 26.7 Å². The van der Waals surface area contributed by atoms with Crippen LogP contribution in [-0.2, 0) is 11.3 Å². The number of aromatic nitrogens is 3. The number of aryl methyl sites for hydroxylation is 3. The molecule has 158 valence electrons. The number of rotatable bonds is 7. The fourth-order valence-corrected chi connectivity index (χ4v) is 4.10. The molecule has 1 amide bonds. The molecule has 6 heteroatoms. The van der Waals surface area contributed by atoms with Gasteiger partial charge in [-0.3, -0.25) is 9.69 Å². The molecule has 0 radical (unpaired) electrons. The molecular weight excluding hydrogens is 362 g/mol. The van der Waals surface area contributed by atoms with Gasteiger partial charge in [0.25, 0.3) is 0 Å². The minimum atomic E-state index is -0.155. The summed E-state index contributed by atoms with van der Waals surface area (Å²) in [5, 5.41) is 7.60. The Hall–Kier alpha value is -2.21. The zero-order valence-corrected chi connectivity index (χ0v) is 18.3. The zero-order valence-electron chi connectivity index (χ0n) is 18.3. The molecule has 1 aliphatic heterocycles. The average molecular weight is 398 g/mol. The number of nitrogens with one attached hydrogen (secondary N) is 1. The van der Waals surface area contributed by atoms with Gasteiger partial charge < -0.3 is 5.32 Å². The Labute approximate surface area is 174 Å². The molecule has 2 heterocycles. The molecule has 2 aromatic rings. The Bertz CT molecular complexity index is 790. The molecule has 1 saturated heterocycles. The van der Waals surface area contributed by atoms with E-state index in [1.54, 1.807) is 0 Å². The molecule has 2 unspecified atom stereocenters. The highest BCUT2D eigenvalue weighted by Gasteiger charge is 2.23. The first-order valence-electron chi connectivity index (χ1n) is 10.9. The molecule has 1 fully saturated rings. The van der Waals surface area contributed by atoms with Gasteiger partial charge in [0.05, 0.1) is 18.5 Å². The zero-order chi connectivity index (χ0) is 20.8. The Morgan fingerprint density at radius 3 is 2.31 bits per heavy atom. The summed E-state index contributed by atoms with van der Waals surface area (Å²) in [5.41, 5.74) is 2.55. The molecule has 0 spiro atoms. The van der Waals surface area contributed by atoms with Crippen molar-refractivity contribution in [2.75, 3.05) is 19.6 Å². The number of hydrogen-bond donors (Lipinski definition) is 1. The first-order chi connectivity index (χ1) is 13.9. The Morgan fingerprint density at radius 1 is 1.07 bits per heavy atom. The van der Waals surface area contributed by atoms with E-state index in [4.69, 9.17) is 0 Å². The van der Waals surface area contributed by atoms with Gasteiger partial charge in [0, 0.05) is 6.54 Å². The Balaban J connectivity index is 1.65. The smallest absolute Gasteiger partial charge is 0.224 e. The van der Waals surface area contributed by atoms with E-state index in [1.807, 2.05) is 25.5 Å². The fourth-order valence-electron chi connectivity index (χ4n) is 4.10. The number of carbonyl (C=O) groups is 1. The summed E-state index contributed by atoms with van der Waals surface area (Å²) in [6.07, 6.45) is 5.07. The quantitative estimate of drug-likeness (QED) is 0.776. The number of nitrogens with zero attached hydrogens (tertiary/aromatic N) is 4. The molecular formula is C23H35N5O. The Kier molecular flexibility index (Phi) is 7.42. The van der Waals surface area contributed by atoms with Crippen LogP contribution < -0.4 is 5.32 Å². The lowest BCUT2D eigenvalue weighted by atomic mass is 10.0. The number of amides is 1. The van der Waals surface area contributed by atoms with Gasteiger partial charge in [-0.2, -0.15) is 5.10 Å². The van der Waals surface area contributed by atoms with E-state index in [9.17, 15) is 4.79 Å². The van der Waals surface area contributed by atoms with Crippen molar-refractivity contribution in [1.29, 1.82) is 0 Å². The van der Waals surface area contributed by atoms with Crippen molar-refractivity contribution < 1.29 is 4.79 Å². The second kappa shape index (κ2) is 10.0. The van der Waals surface area contributed by atoms with Crippen molar-refractivity contribution in [2.24, 2.45) is 5.92 Å². The number of carbonyl (C=O) groups excluding carboxylic acids is 1. The van der Waals surface area contributed by atoms with Crippen LogP contribution in [0.2, 0.25) is 0 Å². The monoisotopic (exact) mass is 397 g/mol. The molecule has 1 aliphatic rings. The largest absolute Gasteiger partial charge is 0.354 e. The van der Waals surface area contributed by atoms with Crippen LogP contribution in [0.4, 0.5) is 0 Å². The molecule has 29 heavy (non-hydrogen) atoms. The van der Waals surface area contributed by atoms with Gasteiger partial charge in [0.15, 0.2) is 0 Å². The van der Waals surface area contributed by atoms with Crippen molar-refractivity contribution in [2.45, 2.75) is 66.0 Å². The summed E-state index contributed by atoms with van der Waals surface area (Å²) >= 11 is 0. The summed E-state index contributed by atoms with van der Waals surface area (Å²) in [4.78, 5) is 19.7. The SMILES string of the molecule is Cc1ccc(C(CNC(=O)C(C)Cn2nc(C)nc2C)N2CCCCCC2)cc1. The highest BCUT2D eigenvalue weighted by molar-refractivity contribution is 5.78. The summed E-state index contributed by atoms with van der Waals surface area (Å²) in [5.74, 6) is 1.52. The first kappa shape index (κ1) is 21.5. The number of likely N-dealkylation sites (tertiary alicyclic amines) is 1. The van der Waals surface area contributed by atoms with Gasteiger partial charge in [-0.1, -0.05) is 49.6 Å². The van der Waals surface area contributed by atoms with E-state index in [0.29, 0.717) is 13.1 Å². The van der Waals surface area contributed by atoms with Crippen LogP contribution in [0.3, 0.4) is 0 Å². The summed E-state index contributed by atoms with van der Waals surface area (Å²) in [7, 11) is 0. The molecule has 3 rings (SSSR count). The van der Waals surface area contributed by atoms with Crippen molar-refractivity contribution in [3.05, 3.63) is 47.0 Å². The molecule has 0 saturated carbocycles. The van der Waals surface area contributed by atoms with Gasteiger partial charge in [0.1, 0.15) is 11.6 Å². The highest BCUT2D eigenvalue weighted by atomic mass is 16.1. The maximum atomic E-state index is 12.8. The van der Waals surface area contributed by atoms with Crippen molar-refractivity contribution in [3.8, 4) is 0 Å². The topological polar surface area (TPSA) is 63.1 Å². The van der Waals surface area contributed by atoms with Gasteiger partial charge in [-0.15, -0.1) is 0 Å². The predicted molar refractivity (Wildman–Crippen MR) is 116 cm³/mol. The molecule has 1 aromatic carbocycles. The summed E-state index contributed by atoms with van der Waals surface area (Å²) < 4.78 is 1.83. The van der Waals surface area contributed by atoms with Gasteiger partial charge in [-0.05, 0) is 52.3 Å². The van der Waals surface area contributed by atoms with E-state index < -0.39 is 0 Å². The van der Waals surface area contributed by atoms with Crippen LogP contribution in [0.1, 0.15) is 61.4 Å². The molecule has 1 aromatic heterocycles. The van der Waals surface area contributed by atoms with Crippen LogP contribution in [0.15, 0.2) is 24.3 Å². The summed E-state index contributed by atoms with van der Waals surface area (Å²) in [6.45, 7) is 11.3. The van der Waals surface area contributed by atoms with Crippen LogP contribution >= 0.6 is 0 Å². The lowest BCUT2D eigenvalue weighted by Crippen LogP contribution is -2.41. The van der Waals surface area contributed by atoms with Gasteiger partial charge in [-0.25, -0.2) is 9.67 Å². The second-order valence-electron chi connectivity index (χ2n) is 8.41. The number of benzene rings is 1. The second-order valence-corrected chi connectivity index (χ2v) is 8.41. The molecule has 0 aliphatic carbocycles. The molecule has 1 N–H and O–H groups in total. The van der Waals surface area contributed by atoms with Crippen molar-refractivity contribution >= 4 is 5.91 Å². The molecule has 6 nitrogen and oxygen atoms in total. The molecule has 2 atom stereocenters. The van der Waals surface area contributed by atoms with Gasteiger partial charge in [0.2, 0.25) is 5.91 Å². The third-order valence-electron chi connectivity index (χ3n) is 5.87. The summed E-state index contributed by atoms with van der Waals surface area (Å²) in [6, 6.07) is 8.98. The third-order valence-corrected chi connectivity index (χ3v) is 5.87. The maximum Gasteiger partial charge on any atom is 0.224 e. The molecule has 0 bridgehead atoms. The van der Waals surface area contributed by atoms with E-state index in [2.05, 4.69) is 51.5 Å². The van der Waals surface area contributed by atoms with Crippen LogP contribution in [0.5, 0.6) is 0 Å². The lowest BCUT2D eigenvalue weighted by molar-refractivity contribution is -0.125. The minimum absolute atomic E-state index is 0.0736. The van der Waals surface area contributed by atoms with Crippen molar-refractivity contribution in [3.63, 3.8) is 0 Å². The standard InChI is InChI=1S/C23H35N5O/c1-17-9-11-21(12-10-17)22(27-13-7-5-6-8-14-27)15-24-23(29)18(2)16-28-20(4)25-19(3)26-28/h9-12,18,22H,5-8,13-16H2,1-4H3,(H,24,29). The van der Waals surface area contributed by atoms with E-state index in [0.717, 1.165) is 24.7 Å². The van der Waals surface area contributed by atoms with Crippen LogP contribution in [-0.4, -0.2) is 45.2 Å². The normalized spacial score (nSPS) is 17.5. The van der Waals surface area contributed by atoms with Crippen LogP contribution in [0.25, 0.3) is 0 Å². The number of hydrogen-bond acceptors (Lipinski definition) is 4. The minimum Gasteiger partial charge on any atom is -0.354 e. The Morgan fingerprint density at radius 2 is 1.72 bits per heavy atom. The maximum absolute atomic E-state index is 12.8. The highest BCUT2D eigenvalue weighted by Crippen LogP contribution is 2.24. The van der Waals surface area contributed by atoms with Crippen molar-refractivity contribution in [1.82, 2.24) is 25.0 Å². The fraction of sp³-hybridized carbons (Fsp3) is 0.609. The van der Waals surface area contributed by atoms with E-state index in [1.165, 1.54) is 36.8 Å². The predicted octanol–water partition coefficient (Wildman–Crippen LogP) is 3.57. The van der Waals surface area contributed by atoms with Gasteiger partial charge >= 0.3 is 0 Å². The third kappa shape index (κ3) is 5.89. The average Bonchev–Trinajstić information content (AvgIpc) is 2.89. The van der Waals surface area contributed by atoms with E-state index >= 15 is 0 Å². The van der Waals surface area contributed by atoms with E-state index in [-0.39, 0.29) is 17.9 Å².